The first kappa shape index (κ1) is 8.56. The van der Waals surface area contributed by atoms with Crippen LogP contribution < -0.4 is 0 Å². The summed E-state index contributed by atoms with van der Waals surface area (Å²) in [6.07, 6.45) is 1.80. The van der Waals surface area contributed by atoms with Crippen molar-refractivity contribution in [1.82, 2.24) is 5.06 Å². The lowest BCUT2D eigenvalue weighted by Gasteiger charge is -2.03. The Morgan fingerprint density at radius 3 is 2.77 bits per heavy atom. The largest absolute Gasteiger partial charge is 0.216 e. The van der Waals surface area contributed by atoms with E-state index in [4.69, 9.17) is 16.6 Å². The summed E-state index contributed by atoms with van der Waals surface area (Å²) in [4.78, 5) is 9.25. The van der Waals surface area contributed by atoms with Crippen molar-refractivity contribution in [3.8, 4) is 0 Å². The minimum Gasteiger partial charge on any atom is -0.216 e. The predicted octanol–water partition coefficient (Wildman–Crippen LogP) is 2.45. The molecule has 0 bridgehead atoms. The fourth-order valence-electron chi connectivity index (χ4n) is 1.08. The van der Waals surface area contributed by atoms with Crippen LogP contribution in [-0.4, -0.2) is 12.2 Å². The van der Waals surface area contributed by atoms with E-state index < -0.39 is 0 Å². The van der Waals surface area contributed by atoms with Gasteiger partial charge in [-0.25, -0.2) is 4.89 Å². The molecule has 0 spiro atoms. The summed E-state index contributed by atoms with van der Waals surface area (Å²) in [7, 11) is 1.45. The zero-order chi connectivity index (χ0) is 9.26. The molecule has 0 aromatic heterocycles. The zero-order valence-corrected chi connectivity index (χ0v) is 7.78. The summed E-state index contributed by atoms with van der Waals surface area (Å²) < 4.78 is 0. The zero-order valence-electron chi connectivity index (χ0n) is 7.03. The summed E-state index contributed by atoms with van der Waals surface area (Å²) in [5, 5.41) is 2.22. The molecule has 0 aliphatic carbocycles. The highest BCUT2D eigenvalue weighted by Crippen LogP contribution is 2.35. The van der Waals surface area contributed by atoms with Crippen molar-refractivity contribution in [3.05, 3.63) is 41.1 Å². The molecule has 1 aliphatic rings. The second-order valence-electron chi connectivity index (χ2n) is 2.56. The lowest BCUT2D eigenvalue weighted by atomic mass is 10.2. The van der Waals surface area contributed by atoms with Gasteiger partial charge in [-0.05, 0) is 6.07 Å². The number of hydroxylamine groups is 2. The molecule has 0 N–H and O–H groups in total. The van der Waals surface area contributed by atoms with Crippen LogP contribution in [0, 0.1) is 0 Å². The quantitative estimate of drug-likeness (QED) is 0.549. The van der Waals surface area contributed by atoms with E-state index in [1.165, 1.54) is 12.2 Å². The molecule has 0 saturated heterocycles. The van der Waals surface area contributed by atoms with Crippen LogP contribution in [0.1, 0.15) is 5.56 Å². The van der Waals surface area contributed by atoms with Crippen LogP contribution >= 0.6 is 11.6 Å². The lowest BCUT2D eigenvalue weighted by Crippen LogP contribution is -1.99. The first-order chi connectivity index (χ1) is 6.33. The molecule has 13 heavy (non-hydrogen) atoms. The second-order valence-corrected chi connectivity index (χ2v) is 2.97. The highest BCUT2D eigenvalue weighted by molar-refractivity contribution is 6.32. The van der Waals surface area contributed by atoms with E-state index in [0.29, 0.717) is 5.02 Å². The Labute approximate surface area is 81.0 Å². The minimum atomic E-state index is 0.705. The van der Waals surface area contributed by atoms with E-state index in [1.807, 2.05) is 24.3 Å². The van der Waals surface area contributed by atoms with Gasteiger partial charge in [0.2, 0.25) is 0 Å². The molecule has 0 saturated carbocycles. The Balaban J connectivity index is 2.12. The standard InChI is InChI=1S/C9H8ClNO2/c1-12-13-11-6-9(11)7-4-2-3-5-8(7)10/h2-6H,1H3. The number of benzene rings is 1. The molecule has 0 unspecified atom stereocenters. The molecule has 1 heterocycles. The molecule has 2 rings (SSSR count). The van der Waals surface area contributed by atoms with Gasteiger partial charge in [-0.15, -0.1) is 4.99 Å². The van der Waals surface area contributed by atoms with Crippen LogP contribution in [0.2, 0.25) is 5.02 Å². The van der Waals surface area contributed by atoms with Crippen molar-refractivity contribution >= 4 is 17.3 Å². The fourth-order valence-corrected chi connectivity index (χ4v) is 1.31. The maximum atomic E-state index is 5.96. The summed E-state index contributed by atoms with van der Waals surface area (Å²) in [5.41, 5.74) is 1.87. The molecule has 1 aromatic rings. The third-order valence-corrected chi connectivity index (χ3v) is 2.04. The summed E-state index contributed by atoms with van der Waals surface area (Å²) in [5.74, 6) is 0. The molecule has 0 fully saturated rings. The number of hydrogen-bond acceptors (Lipinski definition) is 3. The summed E-state index contributed by atoms with van der Waals surface area (Å²) in [6.45, 7) is 0. The van der Waals surface area contributed by atoms with Gasteiger partial charge in [0.1, 0.15) is 0 Å². The van der Waals surface area contributed by atoms with Crippen molar-refractivity contribution in [2.45, 2.75) is 0 Å². The van der Waals surface area contributed by atoms with Crippen molar-refractivity contribution in [2.75, 3.05) is 7.11 Å². The molecule has 68 valence electrons. The number of rotatable bonds is 3. The topological polar surface area (TPSA) is 21.5 Å². The maximum absolute atomic E-state index is 5.96. The van der Waals surface area contributed by atoms with Crippen LogP contribution in [0.15, 0.2) is 30.5 Å². The molecule has 1 aliphatic heterocycles. The third-order valence-electron chi connectivity index (χ3n) is 1.71. The first-order valence-electron chi connectivity index (χ1n) is 3.79. The van der Waals surface area contributed by atoms with Crippen molar-refractivity contribution in [3.63, 3.8) is 0 Å². The Kier molecular flexibility index (Phi) is 2.22. The van der Waals surface area contributed by atoms with Crippen LogP contribution in [0.5, 0.6) is 0 Å². The maximum Gasteiger partial charge on any atom is 0.0995 e. The van der Waals surface area contributed by atoms with Crippen LogP contribution in [0.3, 0.4) is 0 Å². The Bertz CT molecular complexity index is 351. The molecular formula is C9H8ClNO2. The Hall–Kier alpha value is -1.03. The van der Waals surface area contributed by atoms with Crippen LogP contribution in [0.25, 0.3) is 5.70 Å². The van der Waals surface area contributed by atoms with E-state index in [0.717, 1.165) is 11.3 Å². The van der Waals surface area contributed by atoms with Crippen molar-refractivity contribution in [1.29, 1.82) is 0 Å². The molecule has 0 radical (unpaired) electrons. The normalized spacial score (nSPS) is 14.3. The average Bonchev–Trinajstić information content (AvgIpc) is 2.86. The summed E-state index contributed by atoms with van der Waals surface area (Å²) >= 11 is 5.96. The molecule has 0 atom stereocenters. The van der Waals surface area contributed by atoms with Crippen molar-refractivity contribution in [2.24, 2.45) is 0 Å². The van der Waals surface area contributed by atoms with Crippen molar-refractivity contribution < 1.29 is 9.88 Å². The second kappa shape index (κ2) is 3.38. The van der Waals surface area contributed by atoms with E-state index in [9.17, 15) is 0 Å². The van der Waals surface area contributed by atoms with Gasteiger partial charge < -0.3 is 0 Å². The predicted molar refractivity (Wildman–Crippen MR) is 49.4 cm³/mol. The smallest absolute Gasteiger partial charge is 0.0995 e. The molecule has 0 amide bonds. The monoisotopic (exact) mass is 197 g/mol. The van der Waals surface area contributed by atoms with Gasteiger partial charge >= 0.3 is 0 Å². The number of hydrogen-bond donors (Lipinski definition) is 0. The van der Waals surface area contributed by atoms with Gasteiger partial charge in [0.15, 0.2) is 0 Å². The first-order valence-corrected chi connectivity index (χ1v) is 4.17. The molecule has 4 heteroatoms. The SMILES string of the molecule is COON1C=C1c1ccccc1Cl. The highest BCUT2D eigenvalue weighted by Gasteiger charge is 2.26. The van der Waals surface area contributed by atoms with Gasteiger partial charge in [0.25, 0.3) is 0 Å². The van der Waals surface area contributed by atoms with Gasteiger partial charge in [0.05, 0.1) is 24.0 Å². The van der Waals surface area contributed by atoms with Gasteiger partial charge in [-0.1, -0.05) is 29.8 Å². The minimum absolute atomic E-state index is 0.705. The molecule has 3 nitrogen and oxygen atoms in total. The van der Waals surface area contributed by atoms with E-state index in [-0.39, 0.29) is 0 Å². The number of halogens is 1. The van der Waals surface area contributed by atoms with Crippen LogP contribution in [-0.2, 0) is 9.88 Å². The van der Waals surface area contributed by atoms with E-state index in [2.05, 4.69) is 4.89 Å². The van der Waals surface area contributed by atoms with Gasteiger partial charge in [-0.2, -0.15) is 5.06 Å². The molecular weight excluding hydrogens is 190 g/mol. The fraction of sp³-hybridized carbons (Fsp3) is 0.111. The van der Waals surface area contributed by atoms with Gasteiger partial charge in [0, 0.05) is 5.56 Å². The Morgan fingerprint density at radius 1 is 1.31 bits per heavy atom. The van der Waals surface area contributed by atoms with E-state index >= 15 is 0 Å². The Morgan fingerprint density at radius 2 is 2.08 bits per heavy atom. The lowest BCUT2D eigenvalue weighted by molar-refractivity contribution is -0.362. The summed E-state index contributed by atoms with van der Waals surface area (Å²) in [6, 6.07) is 7.57. The third kappa shape index (κ3) is 1.67. The van der Waals surface area contributed by atoms with Crippen LogP contribution in [0.4, 0.5) is 0 Å². The van der Waals surface area contributed by atoms with E-state index in [1.54, 1.807) is 6.20 Å². The molecule has 1 aromatic carbocycles. The average molecular weight is 198 g/mol. The van der Waals surface area contributed by atoms with Gasteiger partial charge in [-0.3, -0.25) is 0 Å². The number of nitrogens with zero attached hydrogens (tertiary/aromatic N) is 1. The highest BCUT2D eigenvalue weighted by atomic mass is 35.5.